The van der Waals surface area contributed by atoms with Crippen LogP contribution in [0.25, 0.3) is 11.1 Å². The van der Waals surface area contributed by atoms with E-state index in [0.717, 1.165) is 11.1 Å². The molecule has 0 saturated heterocycles. The summed E-state index contributed by atoms with van der Waals surface area (Å²) in [6, 6.07) is 11.4. The fraction of sp³-hybridized carbons (Fsp3) is 0.280. The average Bonchev–Trinajstić information content (AvgIpc) is 3.25. The number of nitrogens with one attached hydrogen (secondary N) is 1. The van der Waals surface area contributed by atoms with Gasteiger partial charge in [0, 0.05) is 29.8 Å². The monoisotopic (exact) mass is 436 g/mol. The highest BCUT2D eigenvalue weighted by Gasteiger charge is 2.38. The molecule has 6 nitrogen and oxygen atoms in total. The lowest BCUT2D eigenvalue weighted by Gasteiger charge is -2.24. The number of benzene rings is 2. The molecule has 2 aliphatic rings. The number of hydrogen-bond acceptors (Lipinski definition) is 4. The molecular formula is C25H25FN2O4. The van der Waals surface area contributed by atoms with E-state index in [1.165, 1.54) is 12.1 Å². The molecule has 2 aliphatic heterocycles. The zero-order valence-electron chi connectivity index (χ0n) is 18.2. The van der Waals surface area contributed by atoms with Crippen LogP contribution < -0.4 is 5.32 Å². The van der Waals surface area contributed by atoms with Crippen LogP contribution in [-0.2, 0) is 9.53 Å². The molecule has 166 valence electrons. The molecule has 0 aromatic heterocycles. The number of ether oxygens (including phenoxy) is 1. The third-order valence-corrected chi connectivity index (χ3v) is 5.74. The lowest BCUT2D eigenvalue weighted by molar-refractivity contribution is -0.111. The Bertz CT molecular complexity index is 1150. The van der Waals surface area contributed by atoms with Crippen LogP contribution in [-0.4, -0.2) is 47.1 Å². The van der Waals surface area contributed by atoms with Gasteiger partial charge in [-0.25, -0.2) is 4.39 Å². The number of aliphatic hydroxyl groups excluding tert-OH is 1. The summed E-state index contributed by atoms with van der Waals surface area (Å²) in [6.07, 6.45) is 1.83. The Labute approximate surface area is 186 Å². The number of hydrogen-bond donors (Lipinski definition) is 2. The first-order valence-corrected chi connectivity index (χ1v) is 10.5. The maximum absolute atomic E-state index is 13.6. The first-order valence-electron chi connectivity index (χ1n) is 10.5. The number of nitrogens with zero attached hydrogens (tertiary/aromatic N) is 1. The van der Waals surface area contributed by atoms with Gasteiger partial charge in [0.05, 0.1) is 17.9 Å². The van der Waals surface area contributed by atoms with Crippen molar-refractivity contribution in [2.24, 2.45) is 0 Å². The van der Waals surface area contributed by atoms with E-state index in [0.29, 0.717) is 34.7 Å². The lowest BCUT2D eigenvalue weighted by Crippen LogP contribution is -2.33. The van der Waals surface area contributed by atoms with Crippen molar-refractivity contribution in [2.75, 3.05) is 25.0 Å². The Morgan fingerprint density at radius 1 is 1.19 bits per heavy atom. The first-order chi connectivity index (χ1) is 15.2. The van der Waals surface area contributed by atoms with Gasteiger partial charge in [-0.2, -0.15) is 0 Å². The van der Waals surface area contributed by atoms with E-state index >= 15 is 0 Å². The minimum absolute atomic E-state index is 0.0864. The highest BCUT2D eigenvalue weighted by molar-refractivity contribution is 6.32. The van der Waals surface area contributed by atoms with Crippen LogP contribution in [0.3, 0.4) is 0 Å². The molecule has 2 aromatic carbocycles. The van der Waals surface area contributed by atoms with Gasteiger partial charge in [-0.1, -0.05) is 12.1 Å². The second-order valence-electron chi connectivity index (χ2n) is 8.24. The van der Waals surface area contributed by atoms with Crippen LogP contribution in [0, 0.1) is 5.82 Å². The summed E-state index contributed by atoms with van der Waals surface area (Å²) in [5.41, 5.74) is 2.96. The molecule has 7 heteroatoms. The van der Waals surface area contributed by atoms with Crippen LogP contribution in [0.5, 0.6) is 0 Å². The number of likely N-dealkylation sites (N-methyl/N-ethyl adjacent to an activating group) is 1. The fourth-order valence-electron chi connectivity index (χ4n) is 4.11. The van der Waals surface area contributed by atoms with Gasteiger partial charge in [0.25, 0.3) is 11.8 Å². The van der Waals surface area contributed by atoms with Crippen LogP contribution in [0.1, 0.15) is 42.3 Å². The van der Waals surface area contributed by atoms with E-state index in [-0.39, 0.29) is 25.0 Å². The van der Waals surface area contributed by atoms with E-state index in [2.05, 4.69) is 5.32 Å². The highest BCUT2D eigenvalue weighted by atomic mass is 19.1. The van der Waals surface area contributed by atoms with E-state index in [4.69, 9.17) is 9.84 Å². The minimum atomic E-state index is -0.705. The summed E-state index contributed by atoms with van der Waals surface area (Å²) in [7, 11) is 0. The Balaban J connectivity index is 1.69. The molecule has 2 heterocycles. The molecule has 2 aromatic rings. The van der Waals surface area contributed by atoms with Gasteiger partial charge in [0.2, 0.25) is 0 Å². The number of anilines is 1. The zero-order valence-corrected chi connectivity index (χ0v) is 18.2. The van der Waals surface area contributed by atoms with Crippen LogP contribution in [0.2, 0.25) is 0 Å². The van der Waals surface area contributed by atoms with E-state index in [1.807, 2.05) is 39.0 Å². The van der Waals surface area contributed by atoms with Crippen molar-refractivity contribution in [1.82, 2.24) is 4.90 Å². The van der Waals surface area contributed by atoms with Crippen molar-refractivity contribution >= 4 is 28.6 Å². The van der Waals surface area contributed by atoms with Crippen molar-refractivity contribution in [3.8, 4) is 0 Å². The van der Waals surface area contributed by atoms with Crippen LogP contribution in [0.4, 0.5) is 10.1 Å². The summed E-state index contributed by atoms with van der Waals surface area (Å²) >= 11 is 0. The molecule has 2 N–H and O–H groups in total. The van der Waals surface area contributed by atoms with Crippen molar-refractivity contribution in [3.05, 3.63) is 76.8 Å². The second kappa shape index (κ2) is 8.24. The number of rotatable bonds is 5. The molecule has 0 fully saturated rings. The smallest absolute Gasteiger partial charge is 0.260 e. The molecule has 0 saturated carbocycles. The number of fused-ring (bicyclic) bond motifs is 1. The Hall–Kier alpha value is -3.45. The molecule has 2 amide bonds. The maximum Gasteiger partial charge on any atom is 0.260 e. The maximum atomic E-state index is 13.6. The number of halogens is 1. The first kappa shape index (κ1) is 21.8. The minimum Gasteiger partial charge on any atom is -0.482 e. The van der Waals surface area contributed by atoms with E-state index in [9.17, 15) is 14.0 Å². The van der Waals surface area contributed by atoms with Crippen molar-refractivity contribution in [2.45, 2.75) is 26.4 Å². The summed E-state index contributed by atoms with van der Waals surface area (Å²) in [4.78, 5) is 26.8. The molecule has 0 unspecified atom stereocenters. The summed E-state index contributed by atoms with van der Waals surface area (Å²) < 4.78 is 19.7. The normalized spacial score (nSPS) is 18.7. The molecule has 0 bridgehead atoms. The lowest BCUT2D eigenvalue weighted by atomic mass is 9.91. The predicted molar refractivity (Wildman–Crippen MR) is 120 cm³/mol. The Morgan fingerprint density at radius 2 is 1.91 bits per heavy atom. The second-order valence-corrected chi connectivity index (χ2v) is 8.24. The van der Waals surface area contributed by atoms with E-state index < -0.39 is 11.4 Å². The van der Waals surface area contributed by atoms with Gasteiger partial charge in [0.15, 0.2) is 0 Å². The summed E-state index contributed by atoms with van der Waals surface area (Å²) in [5, 5.41) is 11.8. The number of allylic oxidation sites excluding steroid dienone is 1. The Kier molecular flexibility index (Phi) is 5.60. The van der Waals surface area contributed by atoms with Gasteiger partial charge in [-0.3, -0.25) is 9.59 Å². The predicted octanol–water partition coefficient (Wildman–Crippen LogP) is 3.84. The van der Waals surface area contributed by atoms with Crippen LogP contribution >= 0.6 is 0 Å². The summed E-state index contributed by atoms with van der Waals surface area (Å²) in [6.45, 7) is 6.39. The van der Waals surface area contributed by atoms with Crippen LogP contribution in [0.15, 0.2) is 54.3 Å². The van der Waals surface area contributed by atoms with Crippen molar-refractivity contribution in [3.63, 3.8) is 0 Å². The zero-order chi connectivity index (χ0) is 23.0. The molecule has 32 heavy (non-hydrogen) atoms. The molecule has 0 spiro atoms. The topological polar surface area (TPSA) is 78.9 Å². The number of carbonyl (C=O) groups excluding carboxylic acids is 2. The summed E-state index contributed by atoms with van der Waals surface area (Å²) in [5.74, 6) is -0.473. The van der Waals surface area contributed by atoms with E-state index in [1.54, 1.807) is 23.1 Å². The van der Waals surface area contributed by atoms with Gasteiger partial charge in [-0.15, -0.1) is 0 Å². The molecule has 4 rings (SSSR count). The number of aliphatic hydroxyl groups is 1. The third-order valence-electron chi connectivity index (χ3n) is 5.74. The van der Waals surface area contributed by atoms with Gasteiger partial charge >= 0.3 is 0 Å². The fourth-order valence-corrected chi connectivity index (χ4v) is 4.11. The van der Waals surface area contributed by atoms with Gasteiger partial charge in [0.1, 0.15) is 17.2 Å². The average molecular weight is 436 g/mol. The SMILES string of the molecule is CCN(CCO)C(=O)c1ccc(C2=C/C(=C3\C(=O)Nc4cc(F)ccc43)OC2(C)C)cc1. The third kappa shape index (κ3) is 3.80. The molecule has 0 aliphatic carbocycles. The number of carbonyl (C=O) groups is 2. The quantitative estimate of drug-likeness (QED) is 0.699. The largest absolute Gasteiger partial charge is 0.482 e. The number of amides is 2. The van der Waals surface area contributed by atoms with Crippen molar-refractivity contribution in [1.29, 1.82) is 0 Å². The van der Waals surface area contributed by atoms with Crippen molar-refractivity contribution < 1.29 is 23.8 Å². The van der Waals surface area contributed by atoms with Gasteiger partial charge < -0.3 is 20.1 Å². The molecule has 0 atom stereocenters. The standard InChI is InChI=1S/C25H25FN2O4/c1-4-28(11-12-29)24(31)16-7-5-15(6-8-16)19-14-21(32-25(19,2)3)22-18-10-9-17(26)13-20(18)27-23(22)30/h5-10,13-14,29H,4,11-12H2,1-3H3,(H,27,30)/b22-21+. The molecule has 0 radical (unpaired) electrons. The van der Waals surface area contributed by atoms with Gasteiger partial charge in [-0.05, 0) is 62.7 Å². The highest BCUT2D eigenvalue weighted by Crippen LogP contribution is 2.44. The molecular weight excluding hydrogens is 411 g/mol. The Morgan fingerprint density at radius 3 is 2.56 bits per heavy atom.